The summed E-state index contributed by atoms with van der Waals surface area (Å²) in [7, 11) is -1.56. The Morgan fingerprint density at radius 3 is 2.60 bits per heavy atom. The molecule has 0 saturated carbocycles. The number of hydrogen-bond acceptors (Lipinski definition) is 5. The molecule has 0 spiro atoms. The van der Waals surface area contributed by atoms with Crippen LogP contribution in [0.25, 0.3) is 0 Å². The Hall–Kier alpha value is -0.890. The number of hydrogen-bond donors (Lipinski definition) is 2. The maximum atomic E-state index is 11.9. The van der Waals surface area contributed by atoms with Crippen LogP contribution in [0.1, 0.15) is 32.4 Å². The van der Waals surface area contributed by atoms with Gasteiger partial charge in [-0.25, -0.2) is 13.1 Å². The van der Waals surface area contributed by atoms with Crippen molar-refractivity contribution in [3.05, 3.63) is 17.9 Å². The standard InChI is InChI=1S/C13H24N2O4S/c1-11(2)15(3)9-5-4-8-14-20(17,18)13-7-6-12(10-16)19-13/h6-7,11,14,16H,4-5,8-10H2,1-3H3. The highest BCUT2D eigenvalue weighted by molar-refractivity contribution is 7.89. The van der Waals surface area contributed by atoms with Crippen molar-refractivity contribution in [3.8, 4) is 0 Å². The second-order valence-corrected chi connectivity index (χ2v) is 6.76. The topological polar surface area (TPSA) is 82.8 Å². The van der Waals surface area contributed by atoms with E-state index in [1.54, 1.807) is 0 Å². The van der Waals surface area contributed by atoms with Crippen LogP contribution in [-0.2, 0) is 16.6 Å². The third kappa shape index (κ3) is 5.24. The number of furan rings is 1. The molecule has 0 atom stereocenters. The van der Waals surface area contributed by atoms with Crippen LogP contribution >= 0.6 is 0 Å². The maximum absolute atomic E-state index is 11.9. The lowest BCUT2D eigenvalue weighted by Crippen LogP contribution is -2.29. The molecule has 20 heavy (non-hydrogen) atoms. The second kappa shape index (κ2) is 7.78. The van der Waals surface area contributed by atoms with Gasteiger partial charge in [0.2, 0.25) is 5.09 Å². The van der Waals surface area contributed by atoms with Crippen molar-refractivity contribution < 1.29 is 17.9 Å². The summed E-state index contributed by atoms with van der Waals surface area (Å²) < 4.78 is 31.2. The van der Waals surface area contributed by atoms with E-state index < -0.39 is 10.0 Å². The van der Waals surface area contributed by atoms with Gasteiger partial charge in [-0.2, -0.15) is 0 Å². The van der Waals surface area contributed by atoms with E-state index in [4.69, 9.17) is 9.52 Å². The molecule has 0 aromatic carbocycles. The van der Waals surface area contributed by atoms with Crippen LogP contribution in [0.5, 0.6) is 0 Å². The summed E-state index contributed by atoms with van der Waals surface area (Å²) in [5.41, 5.74) is 0. The van der Waals surface area contributed by atoms with E-state index in [0.29, 0.717) is 12.6 Å². The average Bonchev–Trinajstić information content (AvgIpc) is 2.87. The lowest BCUT2D eigenvalue weighted by molar-refractivity contribution is 0.236. The Bertz CT molecular complexity index is 496. The zero-order chi connectivity index (χ0) is 15.2. The van der Waals surface area contributed by atoms with Gasteiger partial charge in [0, 0.05) is 12.6 Å². The summed E-state index contributed by atoms with van der Waals surface area (Å²) in [6, 6.07) is 3.29. The molecule has 0 bridgehead atoms. The average molecular weight is 304 g/mol. The quantitative estimate of drug-likeness (QED) is 0.669. The van der Waals surface area contributed by atoms with E-state index in [2.05, 4.69) is 23.5 Å². The van der Waals surface area contributed by atoms with Gasteiger partial charge in [-0.15, -0.1) is 0 Å². The summed E-state index contributed by atoms with van der Waals surface area (Å²) in [6.45, 7) is 5.26. The van der Waals surface area contributed by atoms with Crippen molar-refractivity contribution in [2.75, 3.05) is 20.1 Å². The van der Waals surface area contributed by atoms with Gasteiger partial charge in [-0.1, -0.05) is 0 Å². The highest BCUT2D eigenvalue weighted by atomic mass is 32.2. The van der Waals surface area contributed by atoms with Gasteiger partial charge in [0.1, 0.15) is 12.4 Å². The maximum Gasteiger partial charge on any atom is 0.273 e. The van der Waals surface area contributed by atoms with Crippen molar-refractivity contribution in [2.45, 2.75) is 44.4 Å². The first-order chi connectivity index (χ1) is 9.36. The molecule has 0 radical (unpaired) electrons. The fraction of sp³-hybridized carbons (Fsp3) is 0.692. The van der Waals surface area contributed by atoms with Crippen LogP contribution in [0.2, 0.25) is 0 Å². The Morgan fingerprint density at radius 1 is 1.35 bits per heavy atom. The minimum Gasteiger partial charge on any atom is -0.446 e. The van der Waals surface area contributed by atoms with Gasteiger partial charge in [-0.3, -0.25) is 0 Å². The molecule has 0 saturated heterocycles. The third-order valence-corrected chi connectivity index (χ3v) is 4.50. The molecule has 6 nitrogen and oxygen atoms in total. The van der Waals surface area contributed by atoms with E-state index in [1.807, 2.05) is 7.05 Å². The third-order valence-electron chi connectivity index (χ3n) is 3.17. The molecule has 0 aliphatic rings. The molecule has 0 unspecified atom stereocenters. The lowest BCUT2D eigenvalue weighted by atomic mass is 10.2. The Kier molecular flexibility index (Phi) is 6.67. The van der Waals surface area contributed by atoms with Crippen molar-refractivity contribution in [1.29, 1.82) is 0 Å². The molecule has 0 aliphatic heterocycles. The normalized spacial score (nSPS) is 12.5. The first kappa shape index (κ1) is 17.2. The minimum atomic E-state index is -3.61. The van der Waals surface area contributed by atoms with Crippen molar-refractivity contribution in [2.24, 2.45) is 0 Å². The molecule has 116 valence electrons. The summed E-state index contributed by atoms with van der Waals surface area (Å²) >= 11 is 0. The molecule has 1 aromatic heterocycles. The van der Waals surface area contributed by atoms with Crippen molar-refractivity contribution in [3.63, 3.8) is 0 Å². The van der Waals surface area contributed by atoms with Gasteiger partial charge in [0.05, 0.1) is 0 Å². The van der Waals surface area contributed by atoms with Crippen LogP contribution in [0.4, 0.5) is 0 Å². The number of rotatable bonds is 9. The van der Waals surface area contributed by atoms with Crippen LogP contribution < -0.4 is 4.72 Å². The predicted octanol–water partition coefficient (Wildman–Crippen LogP) is 1.17. The second-order valence-electron chi connectivity index (χ2n) is 5.06. The van der Waals surface area contributed by atoms with Crippen LogP contribution in [0, 0.1) is 0 Å². The van der Waals surface area contributed by atoms with Crippen LogP contribution in [-0.4, -0.2) is 44.6 Å². The summed E-state index contributed by atoms with van der Waals surface area (Å²) in [4.78, 5) is 2.22. The zero-order valence-corrected chi connectivity index (χ0v) is 13.1. The first-order valence-electron chi connectivity index (χ1n) is 6.76. The summed E-state index contributed by atoms with van der Waals surface area (Å²) in [5, 5.41) is 8.69. The SMILES string of the molecule is CC(C)N(C)CCCCNS(=O)(=O)c1ccc(CO)o1. The number of aliphatic hydroxyl groups is 1. The van der Waals surface area contributed by atoms with Crippen LogP contribution in [0.3, 0.4) is 0 Å². The minimum absolute atomic E-state index is 0.152. The summed E-state index contributed by atoms with van der Waals surface area (Å²) in [6.07, 6.45) is 1.70. The fourth-order valence-corrected chi connectivity index (χ4v) is 2.63. The highest BCUT2D eigenvalue weighted by Crippen LogP contribution is 2.13. The molecule has 7 heteroatoms. The smallest absolute Gasteiger partial charge is 0.273 e. The van der Waals surface area contributed by atoms with Gasteiger partial charge in [0.25, 0.3) is 10.0 Å². The largest absolute Gasteiger partial charge is 0.446 e. The van der Waals surface area contributed by atoms with Gasteiger partial charge >= 0.3 is 0 Å². The predicted molar refractivity (Wildman–Crippen MR) is 76.8 cm³/mol. The number of nitrogens with one attached hydrogen (secondary N) is 1. The van der Waals surface area contributed by atoms with Gasteiger partial charge in [-0.05, 0) is 52.4 Å². The van der Waals surface area contributed by atoms with E-state index in [-0.39, 0.29) is 17.5 Å². The van der Waals surface area contributed by atoms with E-state index >= 15 is 0 Å². The van der Waals surface area contributed by atoms with E-state index in [0.717, 1.165) is 19.4 Å². The number of nitrogens with zero attached hydrogens (tertiary/aromatic N) is 1. The van der Waals surface area contributed by atoms with E-state index in [1.165, 1.54) is 12.1 Å². The number of unbranched alkanes of at least 4 members (excludes halogenated alkanes) is 1. The number of aliphatic hydroxyl groups excluding tert-OH is 1. The highest BCUT2D eigenvalue weighted by Gasteiger charge is 2.17. The van der Waals surface area contributed by atoms with E-state index in [9.17, 15) is 8.42 Å². The molecular formula is C13H24N2O4S. The molecule has 1 heterocycles. The fourth-order valence-electron chi connectivity index (χ4n) is 1.61. The number of sulfonamides is 1. The summed E-state index contributed by atoms with van der Waals surface area (Å²) in [5.74, 6) is 0.240. The molecule has 0 aliphatic carbocycles. The molecule has 1 rings (SSSR count). The Morgan fingerprint density at radius 2 is 2.05 bits per heavy atom. The molecular weight excluding hydrogens is 280 g/mol. The molecule has 2 N–H and O–H groups in total. The van der Waals surface area contributed by atoms with Crippen molar-refractivity contribution >= 4 is 10.0 Å². The Balaban J connectivity index is 2.34. The van der Waals surface area contributed by atoms with Crippen LogP contribution in [0.15, 0.2) is 21.6 Å². The lowest BCUT2D eigenvalue weighted by Gasteiger charge is -2.20. The zero-order valence-electron chi connectivity index (χ0n) is 12.3. The first-order valence-corrected chi connectivity index (χ1v) is 8.24. The molecule has 0 amide bonds. The molecule has 1 aromatic rings. The van der Waals surface area contributed by atoms with Gasteiger partial charge < -0.3 is 14.4 Å². The van der Waals surface area contributed by atoms with Gasteiger partial charge in [0.15, 0.2) is 0 Å². The monoisotopic (exact) mass is 304 g/mol. The molecule has 0 fully saturated rings. The Labute approximate surface area is 120 Å². The van der Waals surface area contributed by atoms with Crippen molar-refractivity contribution in [1.82, 2.24) is 9.62 Å².